The van der Waals surface area contributed by atoms with Crippen molar-refractivity contribution in [3.63, 3.8) is 0 Å². The maximum Gasteiger partial charge on any atom is -0.00777 e. The molecule has 2 rings (SSSR count). The van der Waals surface area contributed by atoms with Gasteiger partial charge in [0.15, 0.2) is 0 Å². The molecule has 82 valence electrons. The zero-order chi connectivity index (χ0) is 11.7. The molecule has 0 aliphatic rings. The van der Waals surface area contributed by atoms with E-state index in [1.54, 1.807) is 0 Å². The summed E-state index contributed by atoms with van der Waals surface area (Å²) < 4.78 is 0. The van der Waals surface area contributed by atoms with Crippen LogP contribution in [0.2, 0.25) is 0 Å². The lowest BCUT2D eigenvalue weighted by Gasteiger charge is -2.15. The third-order valence-corrected chi connectivity index (χ3v) is 3.52. The Hall–Kier alpha value is -1.13. The summed E-state index contributed by atoms with van der Waals surface area (Å²) in [6.45, 7) is 6.53. The van der Waals surface area contributed by atoms with Crippen molar-refractivity contribution in [3.8, 4) is 11.1 Å². The van der Waals surface area contributed by atoms with Gasteiger partial charge in [-0.05, 0) is 53.9 Å². The average Bonchev–Trinajstić information content (AvgIpc) is 2.21. The molecule has 0 heterocycles. The van der Waals surface area contributed by atoms with Gasteiger partial charge in [0.05, 0.1) is 0 Å². The minimum atomic E-state index is 1.28. The Morgan fingerprint density at radius 1 is 0.688 bits per heavy atom. The molecule has 1 heteroatoms. The molecule has 0 nitrogen and oxygen atoms in total. The molecule has 0 fully saturated rings. The number of benzene rings is 2. The molecule has 0 aromatic heterocycles. The molecule has 0 radical (unpaired) electrons. The minimum Gasteiger partial charge on any atom is -0.105 e. The minimum absolute atomic E-state index is 1.28. The van der Waals surface area contributed by atoms with Crippen LogP contribution in [0.3, 0.4) is 0 Å². The fourth-order valence-electron chi connectivity index (χ4n) is 2.24. The van der Waals surface area contributed by atoms with Crippen molar-refractivity contribution in [2.75, 3.05) is 0 Å². The molecule has 2 aromatic rings. The van der Waals surface area contributed by atoms with Crippen LogP contribution in [0.1, 0.15) is 16.7 Å². The van der Waals surface area contributed by atoms with E-state index in [1.165, 1.54) is 33.1 Å². The molecule has 2 aromatic carbocycles. The van der Waals surface area contributed by atoms with Crippen molar-refractivity contribution in [1.82, 2.24) is 0 Å². The van der Waals surface area contributed by atoms with Crippen LogP contribution in [0.25, 0.3) is 11.1 Å². The van der Waals surface area contributed by atoms with E-state index >= 15 is 0 Å². The molecule has 0 amide bonds. The van der Waals surface area contributed by atoms with E-state index < -0.39 is 0 Å². The summed E-state index contributed by atoms with van der Waals surface area (Å²) in [4.78, 5) is 0. The monoisotopic (exact) mass is 228 g/mol. The molecular weight excluding hydrogens is 211 g/mol. The Balaban J connectivity index is 2.77. The summed E-state index contributed by atoms with van der Waals surface area (Å²) in [7, 11) is 2.84. The van der Waals surface area contributed by atoms with Gasteiger partial charge in [0.25, 0.3) is 0 Å². The predicted molar refractivity (Wildman–Crippen MR) is 75.4 cm³/mol. The van der Waals surface area contributed by atoms with Gasteiger partial charge >= 0.3 is 0 Å². The fourth-order valence-corrected chi connectivity index (χ4v) is 2.72. The second kappa shape index (κ2) is 4.39. The Bertz CT molecular complexity index is 437. The van der Waals surface area contributed by atoms with Crippen LogP contribution < -0.4 is 5.30 Å². The number of hydrogen-bond donors (Lipinski definition) is 0. The van der Waals surface area contributed by atoms with Crippen LogP contribution in [0.15, 0.2) is 36.4 Å². The smallest absolute Gasteiger partial charge is 0.00777 e. The molecule has 0 bridgehead atoms. The summed E-state index contributed by atoms with van der Waals surface area (Å²) in [6.07, 6.45) is 0. The van der Waals surface area contributed by atoms with Gasteiger partial charge in [-0.3, -0.25) is 0 Å². The number of aryl methyl sites for hydroxylation is 3. The fraction of sp³-hybridized carbons (Fsp3) is 0.200. The van der Waals surface area contributed by atoms with Crippen LogP contribution in [-0.2, 0) is 0 Å². The largest absolute Gasteiger partial charge is 0.105 e. The lowest BCUT2D eigenvalue weighted by molar-refractivity contribution is 1.36. The maximum atomic E-state index is 2.84. The van der Waals surface area contributed by atoms with Crippen molar-refractivity contribution < 1.29 is 0 Å². The first-order valence-corrected chi connectivity index (χ1v) is 6.10. The Morgan fingerprint density at radius 2 is 1.12 bits per heavy atom. The van der Waals surface area contributed by atoms with Crippen molar-refractivity contribution in [3.05, 3.63) is 53.1 Å². The summed E-state index contributed by atoms with van der Waals surface area (Å²) in [5.74, 6) is 0. The molecule has 1 unspecified atom stereocenters. The zero-order valence-corrected chi connectivity index (χ0v) is 11.2. The van der Waals surface area contributed by atoms with E-state index in [0.29, 0.717) is 0 Å². The first-order valence-electron chi connectivity index (χ1n) is 5.53. The zero-order valence-electron chi connectivity index (χ0n) is 10.0. The summed E-state index contributed by atoms with van der Waals surface area (Å²) in [5.41, 5.74) is 6.77. The molecule has 0 aliphatic heterocycles. The molecule has 16 heavy (non-hydrogen) atoms. The molecule has 1 atom stereocenters. The summed E-state index contributed by atoms with van der Waals surface area (Å²) in [5, 5.41) is 1.28. The molecule has 0 aliphatic carbocycles. The predicted octanol–water partition coefficient (Wildman–Crippen LogP) is 3.78. The Labute approximate surface area is 99.9 Å². The maximum absolute atomic E-state index is 2.84. The first kappa shape index (κ1) is 11.4. The first-order chi connectivity index (χ1) is 7.61. The normalized spacial score (nSPS) is 10.5. The summed E-state index contributed by atoms with van der Waals surface area (Å²) in [6, 6.07) is 12.9. The van der Waals surface area contributed by atoms with Crippen LogP contribution in [0, 0.1) is 20.8 Å². The lowest BCUT2D eigenvalue weighted by atomic mass is 9.93. The van der Waals surface area contributed by atoms with Gasteiger partial charge in [-0.25, -0.2) is 0 Å². The van der Waals surface area contributed by atoms with Gasteiger partial charge in [0.1, 0.15) is 0 Å². The van der Waals surface area contributed by atoms with Crippen LogP contribution >= 0.6 is 9.24 Å². The summed E-state index contributed by atoms with van der Waals surface area (Å²) >= 11 is 0. The Morgan fingerprint density at radius 3 is 1.62 bits per heavy atom. The topological polar surface area (TPSA) is 0 Å². The number of rotatable bonds is 1. The van der Waals surface area contributed by atoms with Crippen molar-refractivity contribution >= 4 is 14.5 Å². The van der Waals surface area contributed by atoms with Crippen molar-refractivity contribution in [1.29, 1.82) is 0 Å². The average molecular weight is 228 g/mol. The van der Waals surface area contributed by atoms with E-state index in [0.717, 1.165) is 0 Å². The van der Waals surface area contributed by atoms with Crippen LogP contribution in [0.5, 0.6) is 0 Å². The van der Waals surface area contributed by atoms with E-state index in [4.69, 9.17) is 0 Å². The molecule has 0 N–H and O–H groups in total. The van der Waals surface area contributed by atoms with Gasteiger partial charge in [0, 0.05) is 0 Å². The highest BCUT2D eigenvalue weighted by Gasteiger charge is 2.09. The Kier molecular flexibility index (Phi) is 3.12. The van der Waals surface area contributed by atoms with Gasteiger partial charge in [-0.15, -0.1) is 9.24 Å². The van der Waals surface area contributed by atoms with E-state index in [9.17, 15) is 0 Å². The van der Waals surface area contributed by atoms with Crippen LogP contribution in [-0.4, -0.2) is 0 Å². The van der Waals surface area contributed by atoms with E-state index in [1.807, 2.05) is 0 Å². The highest BCUT2D eigenvalue weighted by atomic mass is 31.0. The standard InChI is InChI=1S/C15H17P/c1-10-6-4-7-11(2)14(10)15-12(3)8-5-9-13(15)16/h4-9H,16H2,1-3H3. The molecular formula is C15H17P. The van der Waals surface area contributed by atoms with E-state index in [-0.39, 0.29) is 0 Å². The lowest BCUT2D eigenvalue weighted by Crippen LogP contribution is -2.02. The highest BCUT2D eigenvalue weighted by Crippen LogP contribution is 2.29. The second-order valence-corrected chi connectivity index (χ2v) is 4.93. The third kappa shape index (κ3) is 1.90. The number of hydrogen-bond acceptors (Lipinski definition) is 0. The van der Waals surface area contributed by atoms with Gasteiger partial charge in [-0.2, -0.15) is 0 Å². The molecule has 0 spiro atoms. The third-order valence-electron chi connectivity index (χ3n) is 3.04. The quantitative estimate of drug-likeness (QED) is 0.652. The van der Waals surface area contributed by atoms with E-state index in [2.05, 4.69) is 66.4 Å². The molecule has 0 saturated carbocycles. The van der Waals surface area contributed by atoms with Gasteiger partial charge in [0.2, 0.25) is 0 Å². The van der Waals surface area contributed by atoms with Gasteiger partial charge < -0.3 is 0 Å². The SMILES string of the molecule is Cc1cccc(C)c1-c1c(C)cccc1P. The highest BCUT2D eigenvalue weighted by molar-refractivity contribution is 7.28. The second-order valence-electron chi connectivity index (χ2n) is 4.31. The van der Waals surface area contributed by atoms with Crippen molar-refractivity contribution in [2.24, 2.45) is 0 Å². The van der Waals surface area contributed by atoms with Crippen LogP contribution in [0.4, 0.5) is 0 Å². The molecule has 0 saturated heterocycles. The van der Waals surface area contributed by atoms with Gasteiger partial charge in [-0.1, -0.05) is 36.4 Å². The van der Waals surface area contributed by atoms with Crippen molar-refractivity contribution in [2.45, 2.75) is 20.8 Å².